The number of benzene rings is 1. The van der Waals surface area contributed by atoms with Gasteiger partial charge in [-0.3, -0.25) is 4.98 Å². The first-order valence-electron chi connectivity index (χ1n) is 5.49. The van der Waals surface area contributed by atoms with Crippen molar-refractivity contribution in [3.63, 3.8) is 0 Å². The summed E-state index contributed by atoms with van der Waals surface area (Å²) in [6.45, 7) is 3.91. The van der Waals surface area contributed by atoms with Gasteiger partial charge in [-0.15, -0.1) is 0 Å². The molecule has 0 aliphatic carbocycles. The topological polar surface area (TPSA) is 62.6 Å². The third kappa shape index (κ3) is 2.75. The molecular formula is C12H14BNO3. The number of pyridine rings is 1. The second-order valence-corrected chi connectivity index (χ2v) is 4.16. The van der Waals surface area contributed by atoms with E-state index >= 15 is 0 Å². The van der Waals surface area contributed by atoms with Crippen molar-refractivity contribution in [2.75, 3.05) is 0 Å². The van der Waals surface area contributed by atoms with Gasteiger partial charge in [0.15, 0.2) is 0 Å². The molecular weight excluding hydrogens is 217 g/mol. The van der Waals surface area contributed by atoms with Crippen LogP contribution in [0.1, 0.15) is 13.8 Å². The predicted octanol–water partition coefficient (Wildman–Crippen LogP) is 0.702. The van der Waals surface area contributed by atoms with Crippen LogP contribution in [0.15, 0.2) is 30.5 Å². The second kappa shape index (κ2) is 4.73. The number of hydrogen-bond donors (Lipinski definition) is 2. The van der Waals surface area contributed by atoms with E-state index in [1.807, 2.05) is 32.0 Å². The van der Waals surface area contributed by atoms with Crippen LogP contribution in [0, 0.1) is 0 Å². The molecule has 0 unspecified atom stereocenters. The van der Waals surface area contributed by atoms with E-state index in [1.165, 1.54) is 6.20 Å². The molecule has 0 saturated heterocycles. The minimum Gasteiger partial charge on any atom is -0.491 e. The van der Waals surface area contributed by atoms with Crippen molar-refractivity contribution in [2.45, 2.75) is 20.0 Å². The highest BCUT2D eigenvalue weighted by Crippen LogP contribution is 2.19. The average molecular weight is 231 g/mol. The SMILES string of the molecule is CC(C)Oc1ccc2ncc(B(O)O)cc2c1. The van der Waals surface area contributed by atoms with Crippen LogP contribution in [0.5, 0.6) is 5.75 Å². The lowest BCUT2D eigenvalue weighted by molar-refractivity contribution is 0.243. The van der Waals surface area contributed by atoms with Gasteiger partial charge in [0.2, 0.25) is 0 Å². The lowest BCUT2D eigenvalue weighted by atomic mass is 9.81. The van der Waals surface area contributed by atoms with Crippen LogP contribution in [0.3, 0.4) is 0 Å². The Bertz CT molecular complexity index is 528. The minimum atomic E-state index is -1.50. The largest absolute Gasteiger partial charge is 0.491 e. The second-order valence-electron chi connectivity index (χ2n) is 4.16. The Kier molecular flexibility index (Phi) is 3.31. The Labute approximate surface area is 100 Å². The van der Waals surface area contributed by atoms with Gasteiger partial charge in [0, 0.05) is 17.0 Å². The summed E-state index contributed by atoms with van der Waals surface area (Å²) in [5.74, 6) is 0.749. The van der Waals surface area contributed by atoms with Gasteiger partial charge in [0.1, 0.15) is 5.75 Å². The molecule has 2 rings (SSSR count). The summed E-state index contributed by atoms with van der Waals surface area (Å²) in [5, 5.41) is 19.0. The Morgan fingerprint density at radius 2 is 2.00 bits per heavy atom. The molecule has 0 amide bonds. The fourth-order valence-electron chi connectivity index (χ4n) is 1.61. The standard InChI is InChI=1S/C12H14BNO3/c1-8(2)17-11-3-4-12-9(6-11)5-10(7-14-12)13(15)16/h3-8,15-16H,1-2H3. The molecule has 0 bridgehead atoms. The number of rotatable bonds is 3. The van der Waals surface area contributed by atoms with E-state index in [0.29, 0.717) is 5.46 Å². The van der Waals surface area contributed by atoms with Gasteiger partial charge in [-0.1, -0.05) is 6.07 Å². The van der Waals surface area contributed by atoms with Gasteiger partial charge in [-0.2, -0.15) is 0 Å². The monoisotopic (exact) mass is 231 g/mol. The first kappa shape index (κ1) is 11.9. The number of hydrogen-bond acceptors (Lipinski definition) is 4. The average Bonchev–Trinajstić information content (AvgIpc) is 2.27. The van der Waals surface area contributed by atoms with Crippen LogP contribution in [0.4, 0.5) is 0 Å². The normalized spacial score (nSPS) is 10.9. The summed E-state index contributed by atoms with van der Waals surface area (Å²) in [6, 6.07) is 7.24. The van der Waals surface area contributed by atoms with Crippen molar-refractivity contribution in [2.24, 2.45) is 0 Å². The Balaban J connectivity index is 2.43. The molecule has 88 valence electrons. The van der Waals surface area contributed by atoms with E-state index in [4.69, 9.17) is 14.8 Å². The summed E-state index contributed by atoms with van der Waals surface area (Å²) < 4.78 is 5.57. The van der Waals surface area contributed by atoms with Crippen molar-refractivity contribution in [3.8, 4) is 5.75 Å². The highest BCUT2D eigenvalue weighted by Gasteiger charge is 2.12. The molecule has 0 fully saturated rings. The minimum absolute atomic E-state index is 0.104. The van der Waals surface area contributed by atoms with Crippen molar-refractivity contribution in [1.82, 2.24) is 4.98 Å². The maximum atomic E-state index is 9.08. The molecule has 1 aromatic carbocycles. The van der Waals surface area contributed by atoms with Crippen LogP contribution in [0.25, 0.3) is 10.9 Å². The highest BCUT2D eigenvalue weighted by molar-refractivity contribution is 6.58. The van der Waals surface area contributed by atoms with E-state index in [1.54, 1.807) is 6.07 Å². The lowest BCUT2D eigenvalue weighted by Crippen LogP contribution is -2.29. The third-order valence-corrected chi connectivity index (χ3v) is 2.34. The van der Waals surface area contributed by atoms with Gasteiger partial charge in [-0.25, -0.2) is 0 Å². The smallest absolute Gasteiger partial charge is 0.490 e. The van der Waals surface area contributed by atoms with Gasteiger partial charge in [0.25, 0.3) is 0 Å². The van der Waals surface area contributed by atoms with Crippen LogP contribution in [-0.2, 0) is 0 Å². The Morgan fingerprint density at radius 3 is 2.65 bits per heavy atom. The molecule has 0 aliphatic heterocycles. The van der Waals surface area contributed by atoms with E-state index < -0.39 is 7.12 Å². The maximum absolute atomic E-state index is 9.08. The third-order valence-electron chi connectivity index (χ3n) is 2.34. The van der Waals surface area contributed by atoms with E-state index in [9.17, 15) is 0 Å². The molecule has 1 aromatic heterocycles. The first-order valence-corrected chi connectivity index (χ1v) is 5.49. The fourth-order valence-corrected chi connectivity index (χ4v) is 1.61. The van der Waals surface area contributed by atoms with Crippen LogP contribution in [0.2, 0.25) is 0 Å². The van der Waals surface area contributed by atoms with Crippen LogP contribution < -0.4 is 10.2 Å². The van der Waals surface area contributed by atoms with Crippen molar-refractivity contribution in [1.29, 1.82) is 0 Å². The summed E-state index contributed by atoms with van der Waals surface area (Å²) in [5.41, 5.74) is 1.17. The summed E-state index contributed by atoms with van der Waals surface area (Å²) in [6.07, 6.45) is 1.56. The molecule has 0 atom stereocenters. The van der Waals surface area contributed by atoms with E-state index in [-0.39, 0.29) is 6.10 Å². The predicted molar refractivity (Wildman–Crippen MR) is 67.3 cm³/mol. The highest BCUT2D eigenvalue weighted by atomic mass is 16.5. The van der Waals surface area contributed by atoms with Crippen molar-refractivity contribution in [3.05, 3.63) is 30.5 Å². The summed E-state index contributed by atoms with van der Waals surface area (Å²) >= 11 is 0. The zero-order valence-corrected chi connectivity index (χ0v) is 9.79. The first-order chi connectivity index (χ1) is 8.06. The molecule has 0 spiro atoms. The Morgan fingerprint density at radius 1 is 1.24 bits per heavy atom. The van der Waals surface area contributed by atoms with Crippen molar-refractivity contribution >= 4 is 23.5 Å². The zero-order chi connectivity index (χ0) is 12.4. The quantitative estimate of drug-likeness (QED) is 0.763. The Hall–Kier alpha value is -1.59. The lowest BCUT2D eigenvalue weighted by Gasteiger charge is -2.10. The number of fused-ring (bicyclic) bond motifs is 1. The molecule has 17 heavy (non-hydrogen) atoms. The van der Waals surface area contributed by atoms with Gasteiger partial charge in [-0.05, 0) is 32.0 Å². The molecule has 4 nitrogen and oxygen atoms in total. The summed E-state index contributed by atoms with van der Waals surface area (Å²) in [7, 11) is -1.50. The number of ether oxygens (including phenoxy) is 1. The van der Waals surface area contributed by atoms with Crippen LogP contribution >= 0.6 is 0 Å². The van der Waals surface area contributed by atoms with Gasteiger partial charge < -0.3 is 14.8 Å². The van der Waals surface area contributed by atoms with Crippen molar-refractivity contribution < 1.29 is 14.8 Å². The summed E-state index contributed by atoms with van der Waals surface area (Å²) in [4.78, 5) is 4.15. The molecule has 1 heterocycles. The molecule has 5 heteroatoms. The van der Waals surface area contributed by atoms with Gasteiger partial charge >= 0.3 is 7.12 Å². The van der Waals surface area contributed by atoms with Crippen LogP contribution in [-0.4, -0.2) is 28.3 Å². The molecule has 0 aliphatic rings. The maximum Gasteiger partial charge on any atom is 0.490 e. The molecule has 2 N–H and O–H groups in total. The van der Waals surface area contributed by atoms with Gasteiger partial charge in [0.05, 0.1) is 11.6 Å². The molecule has 0 radical (unpaired) electrons. The molecule has 0 saturated carbocycles. The number of aromatic nitrogens is 1. The zero-order valence-electron chi connectivity index (χ0n) is 9.79. The number of nitrogens with zero attached hydrogens (tertiary/aromatic N) is 1. The van der Waals surface area contributed by atoms with E-state index in [0.717, 1.165) is 16.7 Å². The molecule has 2 aromatic rings. The fraction of sp³-hybridized carbons (Fsp3) is 0.250. The van der Waals surface area contributed by atoms with E-state index in [2.05, 4.69) is 4.98 Å².